The zero-order valence-electron chi connectivity index (χ0n) is 21.3. The van der Waals surface area contributed by atoms with Gasteiger partial charge in [0.15, 0.2) is 6.29 Å². The number of carbonyl (C=O) groups is 1. The van der Waals surface area contributed by atoms with Crippen molar-refractivity contribution in [3.8, 4) is 0 Å². The fraction of sp³-hybridized carbons (Fsp3) is 0.667. The van der Waals surface area contributed by atoms with Crippen LogP contribution >= 0.6 is 0 Å². The molecule has 3 atom stereocenters. The van der Waals surface area contributed by atoms with Crippen molar-refractivity contribution in [2.24, 2.45) is 5.41 Å². The Morgan fingerprint density at radius 2 is 1.88 bits per heavy atom. The van der Waals surface area contributed by atoms with Crippen LogP contribution in [0, 0.1) is 5.41 Å². The molecule has 1 fully saturated rings. The third kappa shape index (κ3) is 3.96. The summed E-state index contributed by atoms with van der Waals surface area (Å²) in [4.78, 5) is 15.4. The van der Waals surface area contributed by atoms with Crippen LogP contribution in [0.3, 0.4) is 0 Å². The summed E-state index contributed by atoms with van der Waals surface area (Å²) in [7, 11) is 1.37. The van der Waals surface area contributed by atoms with Crippen molar-refractivity contribution < 1.29 is 24.1 Å². The van der Waals surface area contributed by atoms with Crippen LogP contribution in [0.4, 0.5) is 0 Å². The molecule has 0 saturated carbocycles. The van der Waals surface area contributed by atoms with Gasteiger partial charge in [0.25, 0.3) is 0 Å². The molecule has 1 N–H and O–H groups in total. The number of aliphatic hydroxyl groups is 1. The Morgan fingerprint density at radius 1 is 1.18 bits per heavy atom. The molecule has 0 radical (unpaired) electrons. The number of hydrogen-bond donors (Lipinski definition) is 1. The molecule has 3 aliphatic heterocycles. The van der Waals surface area contributed by atoms with Gasteiger partial charge in [-0.1, -0.05) is 25.1 Å². The van der Waals surface area contributed by atoms with Crippen molar-refractivity contribution in [3.05, 3.63) is 35.5 Å². The Kier molecular flexibility index (Phi) is 7.38. The zero-order valence-corrected chi connectivity index (χ0v) is 21.3. The molecule has 1 aromatic heterocycles. The second kappa shape index (κ2) is 9.97. The fourth-order valence-corrected chi connectivity index (χ4v) is 6.62. The fourth-order valence-electron chi connectivity index (χ4n) is 6.62. The number of fused-ring (bicyclic) bond motifs is 3. The van der Waals surface area contributed by atoms with E-state index in [2.05, 4.69) is 17.9 Å². The maximum atomic E-state index is 12.8. The van der Waals surface area contributed by atoms with E-state index in [4.69, 9.17) is 14.2 Å². The summed E-state index contributed by atoms with van der Waals surface area (Å²) in [6.07, 6.45) is 4.48. The summed E-state index contributed by atoms with van der Waals surface area (Å²) in [5.74, 6) is -0.546. The Morgan fingerprint density at radius 3 is 2.53 bits per heavy atom. The van der Waals surface area contributed by atoms with Gasteiger partial charge in [-0.3, -0.25) is 4.90 Å². The molecule has 1 saturated heterocycles. The zero-order chi connectivity index (χ0) is 24.5. The third-order valence-electron chi connectivity index (χ3n) is 7.98. The summed E-state index contributed by atoms with van der Waals surface area (Å²) in [6.45, 7) is 11.6. The molecule has 7 nitrogen and oxygen atoms in total. The highest BCUT2D eigenvalue weighted by molar-refractivity contribution is 5.90. The number of piperidine rings is 1. The number of benzene rings is 1. The summed E-state index contributed by atoms with van der Waals surface area (Å²) >= 11 is 0. The lowest BCUT2D eigenvalue weighted by molar-refractivity contribution is -0.194. The van der Waals surface area contributed by atoms with E-state index in [1.54, 1.807) is 0 Å². The van der Waals surface area contributed by atoms with E-state index < -0.39 is 11.7 Å². The summed E-state index contributed by atoms with van der Waals surface area (Å²) < 4.78 is 17.1. The lowest BCUT2D eigenvalue weighted by atomic mass is 9.62. The quantitative estimate of drug-likeness (QED) is 0.498. The molecule has 7 heteroatoms. The number of ether oxygens (including phenoxy) is 3. The lowest BCUT2D eigenvalue weighted by Crippen LogP contribution is -2.60. The first-order valence-electron chi connectivity index (χ1n) is 12.8. The minimum absolute atomic E-state index is 0.0370. The average molecular weight is 473 g/mol. The highest BCUT2D eigenvalue weighted by atomic mass is 16.7. The maximum Gasteiger partial charge on any atom is 0.359 e. The lowest BCUT2D eigenvalue weighted by Gasteiger charge is -2.57. The van der Waals surface area contributed by atoms with Crippen LogP contribution in [-0.2, 0) is 31.2 Å². The van der Waals surface area contributed by atoms with E-state index in [-0.39, 0.29) is 17.7 Å². The van der Waals surface area contributed by atoms with Gasteiger partial charge in [-0.15, -0.1) is 0 Å². The van der Waals surface area contributed by atoms with E-state index >= 15 is 0 Å². The second-order valence-corrected chi connectivity index (χ2v) is 9.69. The van der Waals surface area contributed by atoms with E-state index in [1.807, 2.05) is 43.5 Å². The molecule has 4 heterocycles. The van der Waals surface area contributed by atoms with Gasteiger partial charge >= 0.3 is 5.97 Å². The van der Waals surface area contributed by atoms with Crippen LogP contribution in [-0.4, -0.2) is 60.2 Å². The molecule has 3 aliphatic rings. The molecule has 0 spiro atoms. The Balaban J connectivity index is 0.000000297. The van der Waals surface area contributed by atoms with Gasteiger partial charge in [0.2, 0.25) is 5.72 Å². The average Bonchev–Trinajstić information content (AvgIpc) is 3.19. The highest BCUT2D eigenvalue weighted by Gasteiger charge is 2.60. The van der Waals surface area contributed by atoms with Gasteiger partial charge in [0.05, 0.1) is 18.7 Å². The number of rotatable bonds is 6. The van der Waals surface area contributed by atoms with Crippen molar-refractivity contribution >= 4 is 16.9 Å². The Hall–Kier alpha value is -1.93. The van der Waals surface area contributed by atoms with Gasteiger partial charge in [0, 0.05) is 37.3 Å². The van der Waals surface area contributed by atoms with Crippen molar-refractivity contribution in [2.75, 3.05) is 33.4 Å². The monoisotopic (exact) mass is 472 g/mol. The first kappa shape index (κ1) is 25.2. The predicted molar refractivity (Wildman–Crippen MR) is 131 cm³/mol. The summed E-state index contributed by atoms with van der Waals surface area (Å²) in [5.41, 5.74) is 1.69. The minimum Gasteiger partial charge on any atom is -0.465 e. The van der Waals surface area contributed by atoms with Crippen LogP contribution < -0.4 is 0 Å². The topological polar surface area (TPSA) is 73.2 Å². The largest absolute Gasteiger partial charge is 0.465 e. The molecule has 5 rings (SSSR count). The minimum atomic E-state index is -1.63. The van der Waals surface area contributed by atoms with E-state index in [1.165, 1.54) is 18.1 Å². The molecule has 0 unspecified atom stereocenters. The number of para-hydroxylation sites is 1. The smallest absolute Gasteiger partial charge is 0.359 e. The van der Waals surface area contributed by atoms with Crippen LogP contribution in [0.2, 0.25) is 0 Å². The number of methoxy groups -OCH3 is 1. The number of hydrogen-bond acceptors (Lipinski definition) is 6. The van der Waals surface area contributed by atoms with Crippen molar-refractivity contribution in [3.63, 3.8) is 0 Å². The first-order chi connectivity index (χ1) is 16.4. The van der Waals surface area contributed by atoms with E-state index in [0.29, 0.717) is 6.42 Å². The Labute approximate surface area is 203 Å². The molecule has 2 aromatic rings. The molecular formula is C27H40N2O5. The predicted octanol–water partition coefficient (Wildman–Crippen LogP) is 4.36. The van der Waals surface area contributed by atoms with E-state index in [9.17, 15) is 9.90 Å². The van der Waals surface area contributed by atoms with Crippen molar-refractivity contribution in [1.29, 1.82) is 0 Å². The number of aromatic nitrogens is 1. The SMILES string of the molecule is CCOC(C)OCC.CC[C@]12CCCN3CCc4c(n(c5ccccc45)[C@@](O)(C(=O)OC)C1)[C@@H]32. The molecule has 188 valence electrons. The molecule has 1 aromatic carbocycles. The van der Waals surface area contributed by atoms with Crippen LogP contribution in [0.1, 0.15) is 70.7 Å². The molecule has 0 aliphatic carbocycles. The standard InChI is InChI=1S/C21H26N2O3.C6H14O2/c1-3-20-10-6-11-22-12-9-15-14-7-4-5-8-16(14)23(17(15)18(20)22)21(25,13-20)19(24)26-2;1-4-7-6(3)8-5-2/h4-5,7-8,18,25H,3,6,9-13H2,1-2H3;6H,4-5H2,1-3H3/t18-,20+,21+;/m1./s1. The van der Waals surface area contributed by atoms with Gasteiger partial charge in [-0.2, -0.15) is 0 Å². The normalized spacial score (nSPS) is 27.8. The van der Waals surface area contributed by atoms with Crippen LogP contribution in [0.5, 0.6) is 0 Å². The molecule has 34 heavy (non-hydrogen) atoms. The summed E-state index contributed by atoms with van der Waals surface area (Å²) in [5, 5.41) is 12.9. The van der Waals surface area contributed by atoms with Crippen LogP contribution in [0.15, 0.2) is 24.3 Å². The van der Waals surface area contributed by atoms with Gasteiger partial charge in [0.1, 0.15) is 0 Å². The number of carbonyl (C=O) groups excluding carboxylic acids is 1. The van der Waals surface area contributed by atoms with Gasteiger partial charge < -0.3 is 23.9 Å². The summed E-state index contributed by atoms with van der Waals surface area (Å²) in [6, 6.07) is 8.45. The number of nitrogens with zero attached hydrogens (tertiary/aromatic N) is 2. The first-order valence-corrected chi connectivity index (χ1v) is 12.8. The molecular weight excluding hydrogens is 432 g/mol. The van der Waals surface area contributed by atoms with E-state index in [0.717, 1.165) is 63.2 Å². The van der Waals surface area contributed by atoms with Crippen molar-refractivity contribution in [1.82, 2.24) is 9.47 Å². The second-order valence-electron chi connectivity index (χ2n) is 9.69. The van der Waals surface area contributed by atoms with Gasteiger partial charge in [-0.25, -0.2) is 4.79 Å². The van der Waals surface area contributed by atoms with Crippen LogP contribution in [0.25, 0.3) is 10.9 Å². The Bertz CT molecular complexity index is 1010. The highest BCUT2D eigenvalue weighted by Crippen LogP contribution is 2.60. The third-order valence-corrected chi connectivity index (χ3v) is 7.98. The molecule has 0 amide bonds. The number of esters is 1. The van der Waals surface area contributed by atoms with Gasteiger partial charge in [-0.05, 0) is 70.0 Å². The maximum absolute atomic E-state index is 12.8. The molecule has 0 bridgehead atoms. The van der Waals surface area contributed by atoms with Crippen molar-refractivity contribution in [2.45, 2.75) is 77.9 Å².